The van der Waals surface area contributed by atoms with Gasteiger partial charge in [-0.2, -0.15) is 0 Å². The standard InChI is InChI=1S/C30H27N3O3/c1-22(32(21-25-15-10-20-36-25)28(34)19-18-23-11-4-2-5-12-23)29-31-27-17-9-8-16-26(27)30(35)33(29)24-13-6-3-7-14-24/h2-17,20,22H,18-19,21H2,1H3. The van der Waals surface area contributed by atoms with Crippen molar-refractivity contribution in [2.24, 2.45) is 0 Å². The Bertz CT molecular complexity index is 1510. The molecule has 36 heavy (non-hydrogen) atoms. The lowest BCUT2D eigenvalue weighted by Gasteiger charge is -2.30. The molecule has 1 amide bonds. The number of carbonyl (C=O) groups excluding carboxylic acids is 1. The molecule has 0 spiro atoms. The van der Waals surface area contributed by atoms with E-state index in [1.54, 1.807) is 27.9 Å². The molecule has 6 nitrogen and oxygen atoms in total. The first-order valence-electron chi connectivity index (χ1n) is 12.0. The van der Waals surface area contributed by atoms with Crippen molar-refractivity contribution in [3.8, 4) is 5.69 Å². The number of carbonyl (C=O) groups is 1. The fraction of sp³-hybridized carbons (Fsp3) is 0.167. The third-order valence-electron chi connectivity index (χ3n) is 6.35. The molecule has 0 aliphatic rings. The van der Waals surface area contributed by atoms with Crippen LogP contribution >= 0.6 is 0 Å². The van der Waals surface area contributed by atoms with Gasteiger partial charge in [0.15, 0.2) is 0 Å². The highest BCUT2D eigenvalue weighted by atomic mass is 16.3. The molecule has 0 aliphatic heterocycles. The van der Waals surface area contributed by atoms with Crippen LogP contribution in [-0.4, -0.2) is 20.4 Å². The summed E-state index contributed by atoms with van der Waals surface area (Å²) in [5.74, 6) is 1.14. The summed E-state index contributed by atoms with van der Waals surface area (Å²) in [4.78, 5) is 33.9. The summed E-state index contributed by atoms with van der Waals surface area (Å²) in [6, 6.07) is 29.9. The van der Waals surface area contributed by atoms with E-state index >= 15 is 0 Å². The van der Waals surface area contributed by atoms with Crippen LogP contribution in [0.3, 0.4) is 0 Å². The molecule has 1 atom stereocenters. The molecule has 6 heteroatoms. The van der Waals surface area contributed by atoms with Gasteiger partial charge in [-0.25, -0.2) is 4.98 Å². The normalized spacial score (nSPS) is 11.9. The quantitative estimate of drug-likeness (QED) is 0.287. The minimum atomic E-state index is -0.490. The lowest BCUT2D eigenvalue weighted by molar-refractivity contribution is -0.134. The number of para-hydroxylation sites is 2. The molecule has 0 N–H and O–H groups in total. The van der Waals surface area contributed by atoms with Gasteiger partial charge in [-0.3, -0.25) is 14.2 Å². The average molecular weight is 478 g/mol. The second kappa shape index (κ2) is 10.4. The summed E-state index contributed by atoms with van der Waals surface area (Å²) >= 11 is 0. The number of nitrogens with zero attached hydrogens (tertiary/aromatic N) is 3. The van der Waals surface area contributed by atoms with E-state index in [0.29, 0.717) is 41.0 Å². The van der Waals surface area contributed by atoms with Crippen LogP contribution in [0.15, 0.2) is 113 Å². The summed E-state index contributed by atoms with van der Waals surface area (Å²) in [6.45, 7) is 2.19. The molecule has 0 radical (unpaired) electrons. The average Bonchev–Trinajstić information content (AvgIpc) is 3.44. The zero-order chi connectivity index (χ0) is 24.9. The minimum Gasteiger partial charge on any atom is -0.467 e. The van der Waals surface area contributed by atoms with E-state index in [9.17, 15) is 9.59 Å². The molecular weight excluding hydrogens is 450 g/mol. The van der Waals surface area contributed by atoms with E-state index in [-0.39, 0.29) is 18.0 Å². The van der Waals surface area contributed by atoms with Gasteiger partial charge in [0.2, 0.25) is 5.91 Å². The molecule has 1 unspecified atom stereocenters. The van der Waals surface area contributed by atoms with Crippen molar-refractivity contribution in [1.82, 2.24) is 14.5 Å². The minimum absolute atomic E-state index is 0.0372. The lowest BCUT2D eigenvalue weighted by Crippen LogP contribution is -2.37. The number of amides is 1. The Balaban J connectivity index is 1.58. The maximum atomic E-state index is 13.7. The summed E-state index contributed by atoms with van der Waals surface area (Å²) in [5, 5.41) is 0.533. The van der Waals surface area contributed by atoms with Gasteiger partial charge in [-0.1, -0.05) is 60.7 Å². The Morgan fingerprint density at radius 3 is 2.33 bits per heavy atom. The van der Waals surface area contributed by atoms with Crippen LogP contribution in [0, 0.1) is 0 Å². The summed E-state index contributed by atoms with van der Waals surface area (Å²) in [7, 11) is 0. The van der Waals surface area contributed by atoms with E-state index in [0.717, 1.165) is 5.56 Å². The molecule has 5 rings (SSSR count). The lowest BCUT2D eigenvalue weighted by atomic mass is 10.1. The van der Waals surface area contributed by atoms with E-state index in [1.807, 2.05) is 91.9 Å². The first-order valence-corrected chi connectivity index (χ1v) is 12.0. The Morgan fingerprint density at radius 2 is 1.61 bits per heavy atom. The topological polar surface area (TPSA) is 68.3 Å². The van der Waals surface area contributed by atoms with Crippen molar-refractivity contribution in [1.29, 1.82) is 0 Å². The molecule has 2 heterocycles. The summed E-state index contributed by atoms with van der Waals surface area (Å²) < 4.78 is 7.21. The highest BCUT2D eigenvalue weighted by Gasteiger charge is 2.27. The third kappa shape index (κ3) is 4.84. The van der Waals surface area contributed by atoms with Crippen molar-refractivity contribution >= 4 is 16.8 Å². The Morgan fingerprint density at radius 1 is 0.917 bits per heavy atom. The van der Waals surface area contributed by atoms with Crippen LogP contribution in [0.25, 0.3) is 16.6 Å². The molecule has 0 aliphatic carbocycles. The third-order valence-corrected chi connectivity index (χ3v) is 6.35. The van der Waals surface area contributed by atoms with Crippen LogP contribution < -0.4 is 5.56 Å². The van der Waals surface area contributed by atoms with Crippen molar-refractivity contribution < 1.29 is 9.21 Å². The molecule has 0 saturated heterocycles. The van der Waals surface area contributed by atoms with Crippen molar-refractivity contribution in [3.63, 3.8) is 0 Å². The second-order valence-electron chi connectivity index (χ2n) is 8.73. The van der Waals surface area contributed by atoms with Crippen LogP contribution in [-0.2, 0) is 17.8 Å². The highest BCUT2D eigenvalue weighted by Crippen LogP contribution is 2.26. The maximum absolute atomic E-state index is 13.7. The smallest absolute Gasteiger partial charge is 0.266 e. The highest BCUT2D eigenvalue weighted by molar-refractivity contribution is 5.79. The molecule has 0 fully saturated rings. The van der Waals surface area contributed by atoms with Crippen molar-refractivity contribution in [2.45, 2.75) is 32.4 Å². The van der Waals surface area contributed by atoms with E-state index in [2.05, 4.69) is 0 Å². The van der Waals surface area contributed by atoms with Crippen LogP contribution in [0.1, 0.15) is 36.5 Å². The number of hydrogen-bond donors (Lipinski definition) is 0. The molecular formula is C30H27N3O3. The first-order chi connectivity index (χ1) is 17.6. The van der Waals surface area contributed by atoms with Crippen LogP contribution in [0.5, 0.6) is 0 Å². The van der Waals surface area contributed by atoms with Crippen LogP contribution in [0.4, 0.5) is 0 Å². The fourth-order valence-corrected chi connectivity index (χ4v) is 4.45. The number of aromatic nitrogens is 2. The van der Waals surface area contributed by atoms with Gasteiger partial charge < -0.3 is 9.32 Å². The Hall–Kier alpha value is -4.45. The number of benzene rings is 3. The van der Waals surface area contributed by atoms with Crippen molar-refractivity contribution in [3.05, 3.63) is 131 Å². The molecule has 180 valence electrons. The number of hydrogen-bond acceptors (Lipinski definition) is 4. The maximum Gasteiger partial charge on any atom is 0.266 e. The number of fused-ring (bicyclic) bond motifs is 1. The number of rotatable bonds is 8. The first kappa shape index (κ1) is 23.3. The Kier molecular flexibility index (Phi) is 6.76. The second-order valence-corrected chi connectivity index (χ2v) is 8.73. The molecule has 5 aromatic rings. The zero-order valence-corrected chi connectivity index (χ0v) is 20.1. The Labute approximate surface area is 209 Å². The van der Waals surface area contributed by atoms with Gasteiger partial charge in [0.25, 0.3) is 5.56 Å². The zero-order valence-electron chi connectivity index (χ0n) is 20.1. The van der Waals surface area contributed by atoms with Gasteiger partial charge >= 0.3 is 0 Å². The molecule has 2 aromatic heterocycles. The molecule has 0 bridgehead atoms. The van der Waals surface area contributed by atoms with Gasteiger partial charge in [0.1, 0.15) is 11.6 Å². The monoisotopic (exact) mass is 477 g/mol. The van der Waals surface area contributed by atoms with E-state index < -0.39 is 6.04 Å². The summed E-state index contributed by atoms with van der Waals surface area (Å²) in [5.41, 5.74) is 2.24. The fourth-order valence-electron chi connectivity index (χ4n) is 4.45. The van der Waals surface area contributed by atoms with Gasteiger partial charge in [-0.15, -0.1) is 0 Å². The molecule has 0 saturated carbocycles. The molecule has 3 aromatic carbocycles. The van der Waals surface area contributed by atoms with E-state index in [4.69, 9.17) is 9.40 Å². The number of aryl methyl sites for hydroxylation is 1. The predicted octanol–water partition coefficient (Wildman–Crippen LogP) is 5.70. The van der Waals surface area contributed by atoms with E-state index in [1.165, 1.54) is 0 Å². The summed E-state index contributed by atoms with van der Waals surface area (Å²) in [6.07, 6.45) is 2.55. The van der Waals surface area contributed by atoms with Gasteiger partial charge in [0.05, 0.1) is 35.4 Å². The largest absolute Gasteiger partial charge is 0.467 e. The predicted molar refractivity (Wildman–Crippen MR) is 140 cm³/mol. The van der Waals surface area contributed by atoms with Gasteiger partial charge in [0, 0.05) is 6.42 Å². The number of furan rings is 1. The van der Waals surface area contributed by atoms with Gasteiger partial charge in [-0.05, 0) is 55.3 Å². The SMILES string of the molecule is CC(c1nc2ccccc2c(=O)n1-c1ccccc1)N(Cc1ccco1)C(=O)CCc1ccccc1. The van der Waals surface area contributed by atoms with Crippen LogP contribution in [0.2, 0.25) is 0 Å². The van der Waals surface area contributed by atoms with Crippen molar-refractivity contribution in [2.75, 3.05) is 0 Å².